The van der Waals surface area contributed by atoms with Crippen LogP contribution >= 0.6 is 24.0 Å². The van der Waals surface area contributed by atoms with Crippen molar-refractivity contribution in [3.05, 3.63) is 77.1 Å². The van der Waals surface area contributed by atoms with Crippen LogP contribution in [0.2, 0.25) is 0 Å². The first kappa shape index (κ1) is 22.0. The van der Waals surface area contributed by atoms with Crippen molar-refractivity contribution in [3.8, 4) is 16.9 Å². The summed E-state index contributed by atoms with van der Waals surface area (Å²) in [6.45, 7) is 0. The summed E-state index contributed by atoms with van der Waals surface area (Å²) in [5, 5.41) is 4.69. The fourth-order valence-corrected chi connectivity index (χ4v) is 7.04. The van der Waals surface area contributed by atoms with E-state index >= 15 is 0 Å². The van der Waals surface area contributed by atoms with Crippen molar-refractivity contribution in [2.75, 3.05) is 11.5 Å². The van der Waals surface area contributed by atoms with Gasteiger partial charge in [0.25, 0.3) is 5.91 Å². The van der Waals surface area contributed by atoms with Crippen molar-refractivity contribution in [1.29, 1.82) is 0 Å². The van der Waals surface area contributed by atoms with Gasteiger partial charge < -0.3 is 0 Å². The standard InChI is InChI=1S/C23H18FN3O3S3/c24-17-8-6-15(7-9-17)21-16(13-26(25-21)18-4-2-1-3-5-18)12-20-22(28)27(23(31)32-20)19-10-11-33(29,30)14-19/h1-9,12-13,19H,10-11,14H2/b20-12+/t19-/m0/s1. The number of thiocarbonyl (C=S) groups is 1. The van der Waals surface area contributed by atoms with E-state index < -0.39 is 15.9 Å². The van der Waals surface area contributed by atoms with Gasteiger partial charge in [0.05, 0.1) is 33.8 Å². The molecule has 1 aromatic heterocycles. The van der Waals surface area contributed by atoms with Gasteiger partial charge in [0.15, 0.2) is 9.84 Å². The lowest BCUT2D eigenvalue weighted by Gasteiger charge is -2.20. The molecule has 0 unspecified atom stereocenters. The van der Waals surface area contributed by atoms with Crippen LogP contribution in [0.1, 0.15) is 12.0 Å². The van der Waals surface area contributed by atoms with E-state index in [1.807, 2.05) is 30.3 Å². The minimum absolute atomic E-state index is 0.0618. The van der Waals surface area contributed by atoms with Crippen LogP contribution in [0, 0.1) is 5.82 Å². The number of aromatic nitrogens is 2. The Hall–Kier alpha value is -2.82. The molecule has 3 heterocycles. The van der Waals surface area contributed by atoms with Crippen molar-refractivity contribution in [3.63, 3.8) is 0 Å². The molecule has 2 aliphatic rings. The Labute approximate surface area is 200 Å². The summed E-state index contributed by atoms with van der Waals surface area (Å²) in [5.74, 6) is -0.661. The van der Waals surface area contributed by atoms with E-state index in [9.17, 15) is 17.6 Å². The lowest BCUT2D eigenvalue weighted by molar-refractivity contribution is -0.123. The molecule has 0 radical (unpaired) electrons. The quantitative estimate of drug-likeness (QED) is 0.398. The Kier molecular flexibility index (Phi) is 5.67. The number of thioether (sulfide) groups is 1. The normalized spacial score (nSPS) is 21.3. The molecule has 2 aromatic carbocycles. The maximum Gasteiger partial charge on any atom is 0.266 e. The Morgan fingerprint density at radius 2 is 1.85 bits per heavy atom. The van der Waals surface area contributed by atoms with Gasteiger partial charge in [0.1, 0.15) is 10.1 Å². The lowest BCUT2D eigenvalue weighted by Crippen LogP contribution is -2.39. The minimum atomic E-state index is -3.16. The zero-order chi connectivity index (χ0) is 23.2. The van der Waals surface area contributed by atoms with Gasteiger partial charge in [-0.25, -0.2) is 17.5 Å². The molecular formula is C23H18FN3O3S3. The third kappa shape index (κ3) is 4.38. The second-order valence-electron chi connectivity index (χ2n) is 7.83. The predicted octanol–water partition coefficient (Wildman–Crippen LogP) is 4.07. The van der Waals surface area contributed by atoms with Crippen LogP contribution < -0.4 is 0 Å². The first-order chi connectivity index (χ1) is 15.8. The minimum Gasteiger partial charge on any atom is -0.289 e. The fourth-order valence-electron chi connectivity index (χ4n) is 3.95. The highest BCUT2D eigenvalue weighted by Gasteiger charge is 2.42. The van der Waals surface area contributed by atoms with Crippen molar-refractivity contribution in [1.82, 2.24) is 14.7 Å². The maximum atomic E-state index is 13.5. The number of rotatable bonds is 4. The largest absolute Gasteiger partial charge is 0.289 e. The Morgan fingerprint density at radius 3 is 2.52 bits per heavy atom. The average molecular weight is 500 g/mol. The van der Waals surface area contributed by atoms with Crippen molar-refractivity contribution in [2.24, 2.45) is 0 Å². The Morgan fingerprint density at radius 1 is 1.12 bits per heavy atom. The molecule has 168 valence electrons. The number of carbonyl (C=O) groups is 1. The molecule has 3 aromatic rings. The van der Waals surface area contributed by atoms with Crippen LogP contribution in [-0.4, -0.2) is 50.9 Å². The van der Waals surface area contributed by atoms with Gasteiger partial charge in [-0.15, -0.1) is 0 Å². The number of hydrogen-bond acceptors (Lipinski definition) is 6. The summed E-state index contributed by atoms with van der Waals surface area (Å²) in [7, 11) is -3.16. The SMILES string of the molecule is O=C1/C(=C\c2cn(-c3ccccc3)nc2-c2ccc(F)cc2)SC(=S)N1[C@H]1CCS(=O)(=O)C1. The summed E-state index contributed by atoms with van der Waals surface area (Å²) < 4.78 is 39.4. The number of hydrogen-bond donors (Lipinski definition) is 0. The van der Waals surface area contributed by atoms with Gasteiger partial charge in [-0.1, -0.05) is 42.2 Å². The number of para-hydroxylation sites is 1. The summed E-state index contributed by atoms with van der Waals surface area (Å²) >= 11 is 6.57. The first-order valence-electron chi connectivity index (χ1n) is 10.2. The van der Waals surface area contributed by atoms with E-state index in [4.69, 9.17) is 12.2 Å². The number of benzene rings is 2. The molecule has 0 spiro atoms. The van der Waals surface area contributed by atoms with Crippen LogP contribution in [0.5, 0.6) is 0 Å². The zero-order valence-electron chi connectivity index (χ0n) is 17.2. The molecule has 6 nitrogen and oxygen atoms in total. The van der Waals surface area contributed by atoms with E-state index in [2.05, 4.69) is 5.10 Å². The van der Waals surface area contributed by atoms with Gasteiger partial charge >= 0.3 is 0 Å². The number of sulfone groups is 1. The zero-order valence-corrected chi connectivity index (χ0v) is 19.7. The monoisotopic (exact) mass is 499 g/mol. The summed E-state index contributed by atoms with van der Waals surface area (Å²) in [6.07, 6.45) is 3.91. The molecule has 2 fully saturated rings. The smallest absolute Gasteiger partial charge is 0.266 e. The van der Waals surface area contributed by atoms with E-state index in [-0.39, 0.29) is 23.2 Å². The second-order valence-corrected chi connectivity index (χ2v) is 11.7. The van der Waals surface area contributed by atoms with Crippen LogP contribution in [0.3, 0.4) is 0 Å². The fraction of sp³-hybridized carbons (Fsp3) is 0.174. The van der Waals surface area contributed by atoms with Gasteiger partial charge in [-0.2, -0.15) is 5.10 Å². The van der Waals surface area contributed by atoms with E-state index in [0.717, 1.165) is 17.4 Å². The molecule has 0 bridgehead atoms. The van der Waals surface area contributed by atoms with Crippen LogP contribution in [0.15, 0.2) is 65.7 Å². The topological polar surface area (TPSA) is 72.3 Å². The van der Waals surface area contributed by atoms with Crippen LogP contribution in [0.4, 0.5) is 4.39 Å². The second kappa shape index (κ2) is 8.51. The predicted molar refractivity (Wildman–Crippen MR) is 131 cm³/mol. The Bertz CT molecular complexity index is 1380. The van der Waals surface area contributed by atoms with Gasteiger partial charge in [-0.3, -0.25) is 9.69 Å². The number of nitrogens with zero attached hydrogens (tertiary/aromatic N) is 3. The third-order valence-corrected chi connectivity index (χ3v) is 8.65. The van der Waals surface area contributed by atoms with Crippen molar-refractivity contribution >= 4 is 50.1 Å². The molecular weight excluding hydrogens is 481 g/mol. The highest BCUT2D eigenvalue weighted by molar-refractivity contribution is 8.26. The number of amides is 1. The molecule has 0 aliphatic carbocycles. The Balaban J connectivity index is 1.54. The lowest BCUT2D eigenvalue weighted by atomic mass is 10.1. The molecule has 5 rings (SSSR count). The molecule has 2 aliphatic heterocycles. The van der Waals surface area contributed by atoms with Gasteiger partial charge in [0.2, 0.25) is 0 Å². The molecule has 2 saturated heterocycles. The van der Waals surface area contributed by atoms with Crippen molar-refractivity contribution in [2.45, 2.75) is 12.5 Å². The third-order valence-electron chi connectivity index (χ3n) is 5.56. The molecule has 0 saturated carbocycles. The van der Waals surface area contributed by atoms with Crippen molar-refractivity contribution < 1.29 is 17.6 Å². The highest BCUT2D eigenvalue weighted by atomic mass is 32.2. The molecule has 1 amide bonds. The van der Waals surface area contributed by atoms with Gasteiger partial charge in [0, 0.05) is 17.3 Å². The number of halogens is 1. The number of carbonyl (C=O) groups excluding carboxylic acids is 1. The summed E-state index contributed by atoms with van der Waals surface area (Å²) in [6, 6.07) is 15.1. The van der Waals surface area contributed by atoms with E-state index in [0.29, 0.717) is 32.5 Å². The van der Waals surface area contributed by atoms with Crippen LogP contribution in [0.25, 0.3) is 23.0 Å². The molecule has 0 N–H and O–H groups in total. The highest BCUT2D eigenvalue weighted by Crippen LogP contribution is 2.37. The molecule has 33 heavy (non-hydrogen) atoms. The summed E-state index contributed by atoms with van der Waals surface area (Å²) in [4.78, 5) is 15.0. The van der Waals surface area contributed by atoms with Crippen LogP contribution in [-0.2, 0) is 14.6 Å². The van der Waals surface area contributed by atoms with Gasteiger partial charge in [-0.05, 0) is 48.9 Å². The molecule has 10 heteroatoms. The van der Waals surface area contributed by atoms with E-state index in [1.54, 1.807) is 29.1 Å². The maximum absolute atomic E-state index is 13.5. The molecule has 1 atom stereocenters. The van der Waals surface area contributed by atoms with E-state index in [1.165, 1.54) is 17.0 Å². The average Bonchev–Trinajstić information content (AvgIpc) is 3.45. The summed E-state index contributed by atoms with van der Waals surface area (Å²) in [5.41, 5.74) is 2.80. The first-order valence-corrected chi connectivity index (χ1v) is 13.2.